The van der Waals surface area contributed by atoms with Gasteiger partial charge >= 0.3 is 6.09 Å². The van der Waals surface area contributed by atoms with Crippen molar-refractivity contribution in [2.45, 2.75) is 65.3 Å². The third-order valence-corrected chi connectivity index (χ3v) is 6.83. The summed E-state index contributed by atoms with van der Waals surface area (Å²) in [5.74, 6) is -0.0355. The molecule has 2 saturated heterocycles. The van der Waals surface area contributed by atoms with E-state index in [0.29, 0.717) is 45.6 Å². The molecule has 0 aromatic heterocycles. The Kier molecular flexibility index (Phi) is 8.49. The van der Waals surface area contributed by atoms with Gasteiger partial charge in [0.1, 0.15) is 5.60 Å². The smallest absolute Gasteiger partial charge is 0.407 e. The van der Waals surface area contributed by atoms with Gasteiger partial charge in [0.05, 0.1) is 12.2 Å². The molecule has 2 aliphatic heterocycles. The Balaban J connectivity index is 1.73. The van der Waals surface area contributed by atoms with E-state index in [4.69, 9.17) is 9.47 Å². The minimum atomic E-state index is -3.56. The number of morpholine rings is 1. The van der Waals surface area contributed by atoms with Crippen molar-refractivity contribution in [3.8, 4) is 0 Å². The molecule has 0 bridgehead atoms. The van der Waals surface area contributed by atoms with E-state index < -0.39 is 21.9 Å². The second-order valence-electron chi connectivity index (χ2n) is 8.89. The van der Waals surface area contributed by atoms with E-state index in [-0.39, 0.29) is 31.2 Å². The largest absolute Gasteiger partial charge is 0.444 e. The summed E-state index contributed by atoms with van der Waals surface area (Å²) >= 11 is 0. The Labute approximate surface area is 180 Å². The zero-order valence-electron chi connectivity index (χ0n) is 18.7. The monoisotopic (exact) mass is 448 g/mol. The van der Waals surface area contributed by atoms with Crippen LogP contribution in [-0.4, -0.2) is 97.6 Å². The lowest BCUT2D eigenvalue weighted by Gasteiger charge is -2.40. The third kappa shape index (κ3) is 7.36. The highest BCUT2D eigenvalue weighted by Crippen LogP contribution is 2.19. The highest BCUT2D eigenvalue weighted by molar-refractivity contribution is 7.86. The van der Waals surface area contributed by atoms with Crippen LogP contribution in [0.25, 0.3) is 0 Å². The highest BCUT2D eigenvalue weighted by Gasteiger charge is 2.37. The predicted octanol–water partition coefficient (Wildman–Crippen LogP) is 0.790. The molecule has 0 aromatic rings. The van der Waals surface area contributed by atoms with Crippen LogP contribution in [0.4, 0.5) is 4.79 Å². The van der Waals surface area contributed by atoms with Crippen molar-refractivity contribution in [1.82, 2.24) is 18.8 Å². The standard InChI is InChI=1S/C19H36N4O6S/c1-15-13-23(14-16(2)28-15)30(26,27)22-11-9-21(10-12-22)17(24)7-6-8-20-18(25)29-19(3,4)5/h15-16H,6-14H2,1-5H3,(H,20,25). The number of piperazine rings is 1. The quantitative estimate of drug-likeness (QED) is 0.602. The summed E-state index contributed by atoms with van der Waals surface area (Å²) in [7, 11) is -3.56. The Hall–Kier alpha value is -1.43. The number of hydrogen-bond donors (Lipinski definition) is 1. The summed E-state index contributed by atoms with van der Waals surface area (Å²) in [6, 6.07) is 0. The lowest BCUT2D eigenvalue weighted by atomic mass is 10.2. The lowest BCUT2D eigenvalue weighted by Crippen LogP contribution is -2.57. The number of nitrogens with one attached hydrogen (secondary N) is 1. The molecule has 1 N–H and O–H groups in total. The number of rotatable bonds is 6. The summed E-state index contributed by atoms with van der Waals surface area (Å²) < 4.78 is 39.5. The van der Waals surface area contributed by atoms with Crippen molar-refractivity contribution >= 4 is 22.2 Å². The molecule has 174 valence electrons. The van der Waals surface area contributed by atoms with Crippen molar-refractivity contribution in [1.29, 1.82) is 0 Å². The summed E-state index contributed by atoms with van der Waals surface area (Å²) in [5, 5.41) is 2.63. The first-order valence-corrected chi connectivity index (χ1v) is 11.9. The molecule has 2 amide bonds. The molecule has 11 heteroatoms. The fourth-order valence-corrected chi connectivity index (χ4v) is 5.30. The van der Waals surface area contributed by atoms with Gasteiger partial charge in [-0.2, -0.15) is 17.0 Å². The Morgan fingerprint density at radius 1 is 1.03 bits per heavy atom. The maximum Gasteiger partial charge on any atom is 0.407 e. The number of carbonyl (C=O) groups is 2. The van der Waals surface area contributed by atoms with Gasteiger partial charge in [-0.25, -0.2) is 4.79 Å². The number of ether oxygens (including phenoxy) is 2. The third-order valence-electron chi connectivity index (χ3n) is 4.87. The van der Waals surface area contributed by atoms with Gasteiger partial charge in [-0.15, -0.1) is 0 Å². The van der Waals surface area contributed by atoms with Gasteiger partial charge < -0.3 is 19.7 Å². The van der Waals surface area contributed by atoms with Crippen molar-refractivity contribution in [3.05, 3.63) is 0 Å². The summed E-state index contributed by atoms with van der Waals surface area (Å²) in [4.78, 5) is 25.7. The van der Waals surface area contributed by atoms with Crippen LogP contribution in [0.5, 0.6) is 0 Å². The summed E-state index contributed by atoms with van der Waals surface area (Å²) in [5.41, 5.74) is -0.558. The minimum Gasteiger partial charge on any atom is -0.444 e. The van der Waals surface area contributed by atoms with E-state index in [1.165, 1.54) is 8.61 Å². The van der Waals surface area contributed by atoms with E-state index in [0.717, 1.165) is 0 Å². The van der Waals surface area contributed by atoms with Crippen molar-refractivity contribution in [3.63, 3.8) is 0 Å². The molecule has 2 aliphatic rings. The molecular formula is C19H36N4O6S. The van der Waals surface area contributed by atoms with Crippen LogP contribution < -0.4 is 5.32 Å². The van der Waals surface area contributed by atoms with Crippen molar-refractivity contribution in [2.75, 3.05) is 45.8 Å². The Bertz CT molecular complexity index is 690. The Morgan fingerprint density at radius 2 is 1.60 bits per heavy atom. The maximum atomic E-state index is 12.9. The highest BCUT2D eigenvalue weighted by atomic mass is 32.2. The number of nitrogens with zero attached hydrogens (tertiary/aromatic N) is 3. The number of carbonyl (C=O) groups excluding carboxylic acids is 2. The van der Waals surface area contributed by atoms with Crippen LogP contribution in [0.2, 0.25) is 0 Å². The molecule has 2 unspecified atom stereocenters. The van der Waals surface area contributed by atoms with Gasteiger partial charge in [-0.1, -0.05) is 0 Å². The van der Waals surface area contributed by atoms with Crippen LogP contribution in [0, 0.1) is 0 Å². The number of hydrogen-bond acceptors (Lipinski definition) is 6. The van der Waals surface area contributed by atoms with Gasteiger partial charge in [0.2, 0.25) is 5.91 Å². The van der Waals surface area contributed by atoms with Crippen LogP contribution in [0.1, 0.15) is 47.5 Å². The van der Waals surface area contributed by atoms with E-state index in [1.54, 1.807) is 25.7 Å². The molecule has 0 saturated carbocycles. The minimum absolute atomic E-state index is 0.0355. The normalized spacial score (nSPS) is 24.5. The summed E-state index contributed by atoms with van der Waals surface area (Å²) in [6.45, 7) is 11.4. The van der Waals surface area contributed by atoms with E-state index in [1.807, 2.05) is 13.8 Å². The molecule has 2 atom stereocenters. The Morgan fingerprint density at radius 3 is 2.13 bits per heavy atom. The summed E-state index contributed by atoms with van der Waals surface area (Å²) in [6.07, 6.45) is 0.0168. The lowest BCUT2D eigenvalue weighted by molar-refractivity contribution is -0.132. The molecule has 10 nitrogen and oxygen atoms in total. The zero-order valence-corrected chi connectivity index (χ0v) is 19.5. The molecule has 2 fully saturated rings. The molecule has 0 aliphatic carbocycles. The van der Waals surface area contributed by atoms with Gasteiger partial charge in [-0.3, -0.25) is 4.79 Å². The predicted molar refractivity (Wildman–Crippen MR) is 112 cm³/mol. The molecule has 30 heavy (non-hydrogen) atoms. The average molecular weight is 449 g/mol. The fourth-order valence-electron chi connectivity index (χ4n) is 3.55. The first-order valence-electron chi connectivity index (χ1n) is 10.5. The molecular weight excluding hydrogens is 412 g/mol. The topological polar surface area (TPSA) is 108 Å². The van der Waals surface area contributed by atoms with Gasteiger partial charge in [0, 0.05) is 52.2 Å². The van der Waals surface area contributed by atoms with Gasteiger partial charge in [0.25, 0.3) is 10.2 Å². The van der Waals surface area contributed by atoms with E-state index >= 15 is 0 Å². The van der Waals surface area contributed by atoms with Crippen LogP contribution in [-0.2, 0) is 24.5 Å². The zero-order chi connectivity index (χ0) is 22.5. The first kappa shape index (κ1) is 24.8. The van der Waals surface area contributed by atoms with E-state index in [9.17, 15) is 18.0 Å². The number of alkyl carbamates (subject to hydrolysis) is 1. The molecule has 0 aromatic carbocycles. The second kappa shape index (κ2) is 10.3. The molecule has 0 radical (unpaired) electrons. The number of amides is 2. The fraction of sp³-hybridized carbons (Fsp3) is 0.895. The first-order chi connectivity index (χ1) is 13.9. The van der Waals surface area contributed by atoms with Crippen molar-refractivity contribution in [2.24, 2.45) is 0 Å². The average Bonchev–Trinajstić information content (AvgIpc) is 2.63. The second-order valence-corrected chi connectivity index (χ2v) is 10.8. The van der Waals surface area contributed by atoms with Crippen molar-refractivity contribution < 1.29 is 27.5 Å². The maximum absolute atomic E-state index is 12.9. The van der Waals surface area contributed by atoms with Crippen LogP contribution >= 0.6 is 0 Å². The van der Waals surface area contributed by atoms with Gasteiger partial charge in [-0.05, 0) is 41.0 Å². The molecule has 2 heterocycles. The van der Waals surface area contributed by atoms with Crippen LogP contribution in [0.15, 0.2) is 0 Å². The molecule has 2 rings (SSSR count). The van der Waals surface area contributed by atoms with Gasteiger partial charge in [0.15, 0.2) is 0 Å². The van der Waals surface area contributed by atoms with Crippen LogP contribution in [0.3, 0.4) is 0 Å². The molecule has 0 spiro atoms. The SMILES string of the molecule is CC1CN(S(=O)(=O)N2CCN(C(=O)CCCNC(=O)OC(C)(C)C)CC2)CC(C)O1. The van der Waals surface area contributed by atoms with E-state index in [2.05, 4.69) is 5.32 Å².